The summed E-state index contributed by atoms with van der Waals surface area (Å²) in [4.78, 5) is 45.9. The van der Waals surface area contributed by atoms with Gasteiger partial charge < -0.3 is 15.4 Å². The van der Waals surface area contributed by atoms with Gasteiger partial charge in [-0.25, -0.2) is 4.79 Å². The minimum Gasteiger partial charge on any atom is -0.451 e. The van der Waals surface area contributed by atoms with Crippen LogP contribution in [-0.4, -0.2) is 43.5 Å². The predicted octanol–water partition coefficient (Wildman–Crippen LogP) is 0.112. The maximum absolute atomic E-state index is 11.9. The van der Waals surface area contributed by atoms with E-state index in [2.05, 4.69) is 10.6 Å². The first-order valence-electron chi connectivity index (χ1n) is 6.90. The molecule has 0 spiro atoms. The van der Waals surface area contributed by atoms with E-state index in [0.29, 0.717) is 5.56 Å². The van der Waals surface area contributed by atoms with Gasteiger partial charge in [-0.1, -0.05) is 17.7 Å². The van der Waals surface area contributed by atoms with Crippen LogP contribution in [0.25, 0.3) is 0 Å². The number of imide groups is 1. The monoisotopic (exact) mass is 321 g/mol. The Bertz CT molecular complexity index is 615. The van der Waals surface area contributed by atoms with Crippen LogP contribution in [0, 0.1) is 6.92 Å². The van der Waals surface area contributed by atoms with Crippen LogP contribution in [0.1, 0.15) is 22.8 Å². The van der Waals surface area contributed by atoms with E-state index in [0.717, 1.165) is 5.56 Å². The Morgan fingerprint density at radius 3 is 2.52 bits per heavy atom. The second-order valence-corrected chi connectivity index (χ2v) is 4.75. The lowest BCUT2D eigenvalue weighted by molar-refractivity contribution is -0.153. The molecular weight excluding hydrogens is 302 g/mol. The molecule has 0 radical (unpaired) electrons. The minimum absolute atomic E-state index is 0.385. The highest BCUT2D eigenvalue weighted by Gasteiger charge is 2.19. The number of amides is 4. The van der Waals surface area contributed by atoms with Crippen molar-refractivity contribution in [1.82, 2.24) is 16.0 Å². The summed E-state index contributed by atoms with van der Waals surface area (Å²) in [6.07, 6.45) is -1.16. The lowest BCUT2D eigenvalue weighted by Gasteiger charge is -2.13. The summed E-state index contributed by atoms with van der Waals surface area (Å²) in [6.45, 7) is 2.78. The standard InChI is InChI=1S/C15H19N3O5/c1-9-5-4-6-11(7-9)14(21)17-8-12(19)23-10(2)13(20)18-15(22)16-3/h4-7,10H,8H2,1-3H3,(H,17,21)(H2,16,18,20,22). The van der Waals surface area contributed by atoms with E-state index >= 15 is 0 Å². The number of esters is 1. The molecule has 1 atom stereocenters. The summed E-state index contributed by atoms with van der Waals surface area (Å²) in [6, 6.07) is 6.17. The van der Waals surface area contributed by atoms with Crippen molar-refractivity contribution in [3.63, 3.8) is 0 Å². The van der Waals surface area contributed by atoms with Crippen LogP contribution in [0.2, 0.25) is 0 Å². The maximum Gasteiger partial charge on any atom is 0.326 e. The van der Waals surface area contributed by atoms with E-state index in [1.54, 1.807) is 18.2 Å². The van der Waals surface area contributed by atoms with Crippen LogP contribution in [-0.2, 0) is 14.3 Å². The Balaban J connectivity index is 2.43. The smallest absolute Gasteiger partial charge is 0.326 e. The first-order valence-corrected chi connectivity index (χ1v) is 6.90. The molecule has 4 amide bonds. The number of aryl methyl sites for hydroxylation is 1. The zero-order valence-corrected chi connectivity index (χ0v) is 13.1. The van der Waals surface area contributed by atoms with Crippen molar-refractivity contribution in [3.05, 3.63) is 35.4 Å². The van der Waals surface area contributed by atoms with Crippen molar-refractivity contribution < 1.29 is 23.9 Å². The van der Waals surface area contributed by atoms with Crippen molar-refractivity contribution in [2.24, 2.45) is 0 Å². The molecular formula is C15H19N3O5. The van der Waals surface area contributed by atoms with E-state index in [4.69, 9.17) is 4.74 Å². The molecule has 23 heavy (non-hydrogen) atoms. The molecule has 0 heterocycles. The zero-order valence-electron chi connectivity index (χ0n) is 13.1. The molecule has 1 unspecified atom stereocenters. The molecule has 8 heteroatoms. The summed E-state index contributed by atoms with van der Waals surface area (Å²) in [5.74, 6) is -1.97. The molecule has 1 rings (SSSR count). The van der Waals surface area contributed by atoms with Gasteiger partial charge in [0.05, 0.1) is 0 Å². The van der Waals surface area contributed by atoms with Crippen molar-refractivity contribution in [2.75, 3.05) is 13.6 Å². The van der Waals surface area contributed by atoms with Gasteiger partial charge in [0.25, 0.3) is 11.8 Å². The number of carbonyl (C=O) groups excluding carboxylic acids is 4. The number of urea groups is 1. The summed E-state index contributed by atoms with van der Waals surface area (Å²) < 4.78 is 4.82. The first kappa shape index (κ1) is 18.1. The van der Waals surface area contributed by atoms with Gasteiger partial charge in [0.15, 0.2) is 6.10 Å². The van der Waals surface area contributed by atoms with Crippen LogP contribution >= 0.6 is 0 Å². The summed E-state index contributed by atoms with van der Waals surface area (Å²) in [5.41, 5.74) is 1.34. The number of carbonyl (C=O) groups is 4. The third-order valence-electron chi connectivity index (χ3n) is 2.81. The second kappa shape index (κ2) is 8.52. The first-order chi connectivity index (χ1) is 10.8. The Morgan fingerprint density at radius 1 is 1.22 bits per heavy atom. The molecule has 124 valence electrons. The van der Waals surface area contributed by atoms with E-state index in [1.165, 1.54) is 14.0 Å². The Hall–Kier alpha value is -2.90. The van der Waals surface area contributed by atoms with E-state index in [1.807, 2.05) is 18.3 Å². The highest BCUT2D eigenvalue weighted by Crippen LogP contribution is 2.03. The average molecular weight is 321 g/mol. The van der Waals surface area contributed by atoms with Gasteiger partial charge in [0, 0.05) is 12.6 Å². The number of benzene rings is 1. The van der Waals surface area contributed by atoms with Crippen molar-refractivity contribution in [2.45, 2.75) is 20.0 Å². The summed E-state index contributed by atoms with van der Waals surface area (Å²) >= 11 is 0. The van der Waals surface area contributed by atoms with Gasteiger partial charge >= 0.3 is 12.0 Å². The molecule has 0 aliphatic rings. The number of rotatable bonds is 5. The summed E-state index contributed by atoms with van der Waals surface area (Å²) in [7, 11) is 1.35. The van der Waals surface area contributed by atoms with Gasteiger partial charge in [-0.15, -0.1) is 0 Å². The molecule has 1 aromatic rings. The SMILES string of the molecule is CNC(=O)NC(=O)C(C)OC(=O)CNC(=O)c1cccc(C)c1. The molecule has 0 bridgehead atoms. The maximum atomic E-state index is 11.9. The van der Waals surface area contributed by atoms with E-state index in [9.17, 15) is 19.2 Å². The number of ether oxygens (including phenoxy) is 1. The van der Waals surface area contributed by atoms with Gasteiger partial charge in [-0.05, 0) is 26.0 Å². The number of hydrogen-bond donors (Lipinski definition) is 3. The number of hydrogen-bond acceptors (Lipinski definition) is 5. The summed E-state index contributed by atoms with van der Waals surface area (Å²) in [5, 5.41) is 6.57. The molecule has 0 fully saturated rings. The molecule has 0 aromatic heterocycles. The lowest BCUT2D eigenvalue weighted by atomic mass is 10.1. The fraction of sp³-hybridized carbons (Fsp3) is 0.333. The van der Waals surface area contributed by atoms with Crippen LogP contribution in [0.4, 0.5) is 4.79 Å². The van der Waals surface area contributed by atoms with Gasteiger partial charge in [0.1, 0.15) is 6.54 Å². The van der Waals surface area contributed by atoms with Gasteiger partial charge in [0.2, 0.25) is 0 Å². The van der Waals surface area contributed by atoms with Crippen LogP contribution in [0.15, 0.2) is 24.3 Å². The molecule has 3 N–H and O–H groups in total. The fourth-order valence-corrected chi connectivity index (χ4v) is 1.61. The molecule has 0 saturated heterocycles. The lowest BCUT2D eigenvalue weighted by Crippen LogP contribution is -2.44. The van der Waals surface area contributed by atoms with Gasteiger partial charge in [-0.2, -0.15) is 0 Å². The van der Waals surface area contributed by atoms with E-state index in [-0.39, 0.29) is 6.54 Å². The predicted molar refractivity (Wildman–Crippen MR) is 81.7 cm³/mol. The van der Waals surface area contributed by atoms with Crippen molar-refractivity contribution in [3.8, 4) is 0 Å². The minimum atomic E-state index is -1.16. The quantitative estimate of drug-likeness (QED) is 0.666. The zero-order chi connectivity index (χ0) is 17.4. The Kier molecular flexibility index (Phi) is 6.72. The Morgan fingerprint density at radius 2 is 1.91 bits per heavy atom. The molecule has 8 nitrogen and oxygen atoms in total. The molecule has 0 saturated carbocycles. The highest BCUT2D eigenvalue weighted by molar-refractivity contribution is 5.98. The second-order valence-electron chi connectivity index (χ2n) is 4.75. The third-order valence-corrected chi connectivity index (χ3v) is 2.81. The number of nitrogens with one attached hydrogen (secondary N) is 3. The molecule has 0 aliphatic carbocycles. The normalized spacial score (nSPS) is 11.1. The topological polar surface area (TPSA) is 114 Å². The van der Waals surface area contributed by atoms with Crippen LogP contribution < -0.4 is 16.0 Å². The third kappa shape index (κ3) is 6.16. The molecule has 0 aliphatic heterocycles. The van der Waals surface area contributed by atoms with Crippen molar-refractivity contribution in [1.29, 1.82) is 0 Å². The largest absolute Gasteiger partial charge is 0.451 e. The van der Waals surface area contributed by atoms with Gasteiger partial charge in [-0.3, -0.25) is 19.7 Å². The highest BCUT2D eigenvalue weighted by atomic mass is 16.5. The average Bonchev–Trinajstić information content (AvgIpc) is 2.52. The molecule has 1 aromatic carbocycles. The fourth-order valence-electron chi connectivity index (χ4n) is 1.61. The van der Waals surface area contributed by atoms with Crippen molar-refractivity contribution >= 4 is 23.8 Å². The van der Waals surface area contributed by atoms with Crippen LogP contribution in [0.5, 0.6) is 0 Å². The Labute approximate surface area is 133 Å². The van der Waals surface area contributed by atoms with E-state index < -0.39 is 29.9 Å². The van der Waals surface area contributed by atoms with Crippen LogP contribution in [0.3, 0.4) is 0 Å².